The van der Waals surface area contributed by atoms with Crippen LogP contribution in [0, 0.1) is 5.92 Å². The van der Waals surface area contributed by atoms with E-state index in [2.05, 4.69) is 15.6 Å². The Morgan fingerprint density at radius 3 is 2.31 bits per heavy atom. The number of anilines is 2. The minimum Gasteiger partial charge on any atom is -0.390 e. The van der Waals surface area contributed by atoms with Crippen LogP contribution in [0.3, 0.4) is 0 Å². The Labute approximate surface area is 172 Å². The van der Waals surface area contributed by atoms with Crippen LogP contribution in [-0.2, 0) is 0 Å². The third-order valence-electron chi connectivity index (χ3n) is 8.24. The molecule has 0 atom stereocenters. The number of carbonyl (C=O) groups is 1. The van der Waals surface area contributed by atoms with Crippen molar-refractivity contribution in [3.63, 3.8) is 0 Å². The molecule has 4 fully saturated rings. The molecule has 4 aliphatic carbocycles. The van der Waals surface area contributed by atoms with Crippen molar-refractivity contribution >= 4 is 17.7 Å². The van der Waals surface area contributed by atoms with Gasteiger partial charge in [-0.25, -0.2) is 4.98 Å². The summed E-state index contributed by atoms with van der Waals surface area (Å²) in [4.78, 5) is 21.3. The number of nitrogens with one attached hydrogen (secondary N) is 2. The quantitative estimate of drug-likeness (QED) is 0.583. The molecule has 1 heterocycles. The molecule has 29 heavy (non-hydrogen) atoms. The second-order valence-electron chi connectivity index (χ2n) is 10.1. The average Bonchev–Trinajstić information content (AvgIpc) is 3.45. The van der Waals surface area contributed by atoms with Gasteiger partial charge < -0.3 is 21.5 Å². The van der Waals surface area contributed by atoms with E-state index in [1.165, 1.54) is 38.5 Å². The first-order valence-electron chi connectivity index (χ1n) is 11.4. The van der Waals surface area contributed by atoms with Gasteiger partial charge in [0.25, 0.3) is 5.91 Å². The van der Waals surface area contributed by atoms with E-state index in [4.69, 9.17) is 10.7 Å². The Bertz CT molecular complexity index is 790. The zero-order valence-electron chi connectivity index (χ0n) is 17.2. The lowest BCUT2D eigenvalue weighted by Gasteiger charge is -2.37. The van der Waals surface area contributed by atoms with Crippen LogP contribution in [0.5, 0.6) is 0 Å². The molecule has 7 heteroatoms. The molecule has 0 aromatic carbocycles. The van der Waals surface area contributed by atoms with Crippen LogP contribution in [0.1, 0.15) is 93.8 Å². The number of amides is 1. The van der Waals surface area contributed by atoms with Crippen LogP contribution in [0.15, 0.2) is 6.20 Å². The van der Waals surface area contributed by atoms with E-state index >= 15 is 0 Å². The van der Waals surface area contributed by atoms with Crippen molar-refractivity contribution in [2.75, 3.05) is 10.6 Å². The molecule has 4 aliphatic rings. The molecule has 2 bridgehead atoms. The molecule has 0 saturated heterocycles. The number of hydrogen-bond acceptors (Lipinski definition) is 6. The van der Waals surface area contributed by atoms with Crippen LogP contribution < -0.4 is 16.4 Å². The highest BCUT2D eigenvalue weighted by molar-refractivity contribution is 5.97. The van der Waals surface area contributed by atoms with Gasteiger partial charge in [0, 0.05) is 17.3 Å². The minimum absolute atomic E-state index is 0.0194. The largest absolute Gasteiger partial charge is 0.390 e. The lowest BCUT2D eigenvalue weighted by atomic mass is 9.81. The number of primary amides is 1. The van der Waals surface area contributed by atoms with Crippen molar-refractivity contribution in [2.45, 2.75) is 100 Å². The van der Waals surface area contributed by atoms with Crippen LogP contribution in [-0.4, -0.2) is 37.7 Å². The van der Waals surface area contributed by atoms with Crippen molar-refractivity contribution in [3.8, 4) is 0 Å². The normalized spacial score (nSPS) is 33.3. The van der Waals surface area contributed by atoms with Crippen LogP contribution in [0.2, 0.25) is 0 Å². The summed E-state index contributed by atoms with van der Waals surface area (Å²) in [5.74, 6) is 1.25. The minimum atomic E-state index is -0.530. The molecule has 0 unspecified atom stereocenters. The molecule has 7 nitrogen and oxygen atoms in total. The lowest BCUT2D eigenvalue weighted by molar-refractivity contribution is 0.0521. The Kier molecular flexibility index (Phi) is 4.49. The van der Waals surface area contributed by atoms with Crippen molar-refractivity contribution in [2.24, 2.45) is 11.7 Å². The summed E-state index contributed by atoms with van der Waals surface area (Å²) in [6, 6.07) is 0. The first-order chi connectivity index (χ1) is 13.9. The second kappa shape index (κ2) is 6.83. The molecular weight excluding hydrogens is 366 g/mol. The van der Waals surface area contributed by atoms with E-state index in [1.807, 2.05) is 0 Å². The monoisotopic (exact) mass is 399 g/mol. The molecular formula is C22H33N5O2. The van der Waals surface area contributed by atoms with Gasteiger partial charge in [-0.05, 0) is 63.7 Å². The van der Waals surface area contributed by atoms with Gasteiger partial charge in [-0.3, -0.25) is 4.79 Å². The van der Waals surface area contributed by atoms with Gasteiger partial charge in [0.15, 0.2) is 0 Å². The third-order valence-corrected chi connectivity index (χ3v) is 8.24. The van der Waals surface area contributed by atoms with E-state index in [0.29, 0.717) is 23.2 Å². The molecule has 0 spiro atoms. The van der Waals surface area contributed by atoms with Gasteiger partial charge in [-0.2, -0.15) is 4.98 Å². The smallest absolute Gasteiger partial charge is 0.254 e. The summed E-state index contributed by atoms with van der Waals surface area (Å²) in [5, 5.41) is 17.8. The highest BCUT2D eigenvalue weighted by Crippen LogP contribution is 2.52. The van der Waals surface area contributed by atoms with Crippen LogP contribution >= 0.6 is 0 Å². The number of rotatable bonds is 6. The van der Waals surface area contributed by atoms with E-state index in [-0.39, 0.29) is 11.1 Å². The van der Waals surface area contributed by atoms with Gasteiger partial charge in [-0.15, -0.1) is 0 Å². The van der Waals surface area contributed by atoms with Gasteiger partial charge >= 0.3 is 0 Å². The number of aliphatic hydroxyl groups is 1. The van der Waals surface area contributed by atoms with Crippen molar-refractivity contribution in [1.29, 1.82) is 0 Å². The summed E-state index contributed by atoms with van der Waals surface area (Å²) >= 11 is 0. The SMILES string of the molecule is NC(=O)c1cnc(N[C@]23CC[C@](O)(CC2)C3)nc1NC1(C2CCCC2)CCCC1. The highest BCUT2D eigenvalue weighted by atomic mass is 16.3. The number of aromatic nitrogens is 2. The van der Waals surface area contributed by atoms with Gasteiger partial charge in [0.1, 0.15) is 5.82 Å². The number of carbonyl (C=O) groups excluding carboxylic acids is 1. The summed E-state index contributed by atoms with van der Waals surface area (Å²) in [7, 11) is 0. The Morgan fingerprint density at radius 1 is 1.03 bits per heavy atom. The van der Waals surface area contributed by atoms with Crippen molar-refractivity contribution in [3.05, 3.63) is 11.8 Å². The van der Waals surface area contributed by atoms with Crippen LogP contribution in [0.4, 0.5) is 11.8 Å². The maximum Gasteiger partial charge on any atom is 0.254 e. The van der Waals surface area contributed by atoms with Gasteiger partial charge in [0.2, 0.25) is 5.95 Å². The summed E-state index contributed by atoms with van der Waals surface area (Å²) in [6.07, 6.45) is 15.6. The van der Waals surface area contributed by atoms with Gasteiger partial charge in [0.05, 0.1) is 11.2 Å². The van der Waals surface area contributed by atoms with Crippen molar-refractivity contribution in [1.82, 2.24) is 9.97 Å². The first kappa shape index (κ1) is 19.1. The molecule has 1 aromatic rings. The maximum atomic E-state index is 12.1. The fraction of sp³-hybridized carbons (Fsp3) is 0.773. The molecule has 5 N–H and O–H groups in total. The summed E-state index contributed by atoms with van der Waals surface area (Å²) in [6.45, 7) is 0. The fourth-order valence-corrected chi connectivity index (χ4v) is 6.66. The van der Waals surface area contributed by atoms with Crippen LogP contribution in [0.25, 0.3) is 0 Å². The van der Waals surface area contributed by atoms with E-state index in [0.717, 1.165) is 44.9 Å². The molecule has 5 rings (SSSR count). The van der Waals surface area contributed by atoms with Gasteiger partial charge in [-0.1, -0.05) is 25.7 Å². The highest BCUT2D eigenvalue weighted by Gasteiger charge is 2.54. The Hall–Kier alpha value is -1.89. The summed E-state index contributed by atoms with van der Waals surface area (Å²) in [5.41, 5.74) is 5.39. The first-order valence-corrected chi connectivity index (χ1v) is 11.4. The standard InChI is InChI=1S/C22H33N5O2/c23-17(28)16-13-24-19(27-20-9-11-21(29,14-20)12-10-20)25-18(16)26-22(7-3-4-8-22)15-5-1-2-6-15/h13,15,29H,1-12,14H2,(H2,23,28)(H2,24,25,26,27)/t20-,21+. The van der Waals surface area contributed by atoms with Crippen molar-refractivity contribution < 1.29 is 9.90 Å². The maximum absolute atomic E-state index is 12.1. The molecule has 0 aliphatic heterocycles. The topological polar surface area (TPSA) is 113 Å². The van der Waals surface area contributed by atoms with E-state index in [9.17, 15) is 9.90 Å². The van der Waals surface area contributed by atoms with E-state index < -0.39 is 11.5 Å². The molecule has 1 aromatic heterocycles. The molecule has 1 amide bonds. The molecule has 4 saturated carbocycles. The van der Waals surface area contributed by atoms with E-state index in [1.54, 1.807) is 6.20 Å². The Balaban J connectivity index is 1.43. The third kappa shape index (κ3) is 3.37. The lowest BCUT2D eigenvalue weighted by Crippen LogP contribution is -2.43. The predicted molar refractivity (Wildman–Crippen MR) is 112 cm³/mol. The number of nitrogens with zero attached hydrogens (tertiary/aromatic N) is 2. The summed E-state index contributed by atoms with van der Waals surface area (Å²) < 4.78 is 0. The number of hydrogen-bond donors (Lipinski definition) is 4. The average molecular weight is 400 g/mol. The second-order valence-corrected chi connectivity index (χ2v) is 10.1. The molecule has 158 valence electrons. The number of fused-ring (bicyclic) bond motifs is 2. The Morgan fingerprint density at radius 2 is 1.72 bits per heavy atom. The fourth-order valence-electron chi connectivity index (χ4n) is 6.66. The zero-order chi connectivity index (χ0) is 20.1. The zero-order valence-corrected chi connectivity index (χ0v) is 17.2. The molecule has 0 radical (unpaired) electrons. The number of nitrogens with two attached hydrogens (primary N) is 1. The predicted octanol–water partition coefficient (Wildman–Crippen LogP) is 3.35.